The van der Waals surface area contributed by atoms with Gasteiger partial charge in [0.15, 0.2) is 0 Å². The average molecular weight is 286 g/mol. The first-order valence-corrected chi connectivity index (χ1v) is 7.98. The van der Waals surface area contributed by atoms with Gasteiger partial charge in [0.2, 0.25) is 0 Å². The highest BCUT2D eigenvalue weighted by Gasteiger charge is 2.17. The van der Waals surface area contributed by atoms with Crippen molar-refractivity contribution in [3.8, 4) is 0 Å². The minimum Gasteiger partial charge on any atom is -0.396 e. The van der Waals surface area contributed by atoms with E-state index in [1.54, 1.807) is 0 Å². The van der Waals surface area contributed by atoms with E-state index in [4.69, 9.17) is 5.11 Å². The van der Waals surface area contributed by atoms with Crippen LogP contribution in [0.3, 0.4) is 0 Å². The van der Waals surface area contributed by atoms with E-state index in [1.165, 1.54) is 0 Å². The third-order valence-corrected chi connectivity index (χ3v) is 4.00. The first kappa shape index (κ1) is 19.6. The molecule has 0 amide bonds. The average Bonchev–Trinajstić information content (AvgIpc) is 2.40. The molecule has 0 saturated heterocycles. The largest absolute Gasteiger partial charge is 0.396 e. The van der Waals surface area contributed by atoms with Crippen molar-refractivity contribution < 1.29 is 15.0 Å². The molecule has 2 N–H and O–H groups in total. The zero-order chi connectivity index (χ0) is 15.6. The number of aliphatic hydroxyl groups is 2. The summed E-state index contributed by atoms with van der Waals surface area (Å²) in [6, 6.07) is 0. The first-order chi connectivity index (χ1) is 9.22. The Balaban J connectivity index is 3.55. The summed E-state index contributed by atoms with van der Waals surface area (Å²) in [5.74, 6) is 0. The van der Waals surface area contributed by atoms with Crippen LogP contribution in [0.2, 0.25) is 0 Å². The number of carbonyl (C=O) groups excluding carboxylic acids is 1. The van der Waals surface area contributed by atoms with Crippen molar-refractivity contribution >= 4 is 6.29 Å². The lowest BCUT2D eigenvalue weighted by molar-refractivity contribution is -0.115. The molecule has 0 aliphatic rings. The zero-order valence-electron chi connectivity index (χ0n) is 13.8. The Morgan fingerprint density at radius 1 is 0.950 bits per heavy atom. The highest BCUT2D eigenvalue weighted by atomic mass is 16.3. The van der Waals surface area contributed by atoms with Gasteiger partial charge in [0, 0.05) is 12.0 Å². The molecule has 0 fully saturated rings. The predicted molar refractivity (Wildman–Crippen MR) is 83.7 cm³/mol. The summed E-state index contributed by atoms with van der Waals surface area (Å²) in [5, 5.41) is 19.1. The lowest BCUT2D eigenvalue weighted by atomic mass is 9.87. The molecule has 3 heteroatoms. The summed E-state index contributed by atoms with van der Waals surface area (Å²) in [6.07, 6.45) is 8.45. The number of hydrogen-bond donors (Lipinski definition) is 2. The van der Waals surface area contributed by atoms with Crippen molar-refractivity contribution in [3.63, 3.8) is 0 Å². The van der Waals surface area contributed by atoms with Crippen LogP contribution in [0.15, 0.2) is 0 Å². The molecule has 3 nitrogen and oxygen atoms in total. The molecule has 0 aliphatic carbocycles. The molecule has 0 radical (unpaired) electrons. The maximum Gasteiger partial charge on any atom is 0.125 e. The molecule has 0 saturated carbocycles. The van der Waals surface area contributed by atoms with Gasteiger partial charge in [-0.25, -0.2) is 0 Å². The number of hydrogen-bond acceptors (Lipinski definition) is 3. The molecule has 0 aromatic carbocycles. The third kappa shape index (κ3) is 10.4. The Hall–Kier alpha value is -0.410. The molecule has 1 atom stereocenters. The van der Waals surface area contributed by atoms with E-state index in [2.05, 4.69) is 13.8 Å². The second kappa shape index (κ2) is 9.51. The molecular formula is C17H34O3. The van der Waals surface area contributed by atoms with Crippen LogP contribution < -0.4 is 0 Å². The van der Waals surface area contributed by atoms with Crippen LogP contribution in [-0.4, -0.2) is 29.2 Å². The second-order valence-electron chi connectivity index (χ2n) is 7.57. The lowest BCUT2D eigenvalue weighted by Crippen LogP contribution is -2.16. The quantitative estimate of drug-likeness (QED) is 0.425. The summed E-state index contributed by atoms with van der Waals surface area (Å²) >= 11 is 0. The smallest absolute Gasteiger partial charge is 0.125 e. The number of unbranched alkanes of at least 4 members (excludes halogenated alkanes) is 2. The van der Waals surface area contributed by atoms with Gasteiger partial charge in [-0.2, -0.15) is 0 Å². The number of aldehydes is 1. The van der Waals surface area contributed by atoms with Crippen LogP contribution in [0.5, 0.6) is 0 Å². The van der Waals surface area contributed by atoms with Crippen LogP contribution in [0.25, 0.3) is 0 Å². The molecule has 0 aromatic heterocycles. The van der Waals surface area contributed by atoms with Gasteiger partial charge in [-0.3, -0.25) is 0 Å². The summed E-state index contributed by atoms with van der Waals surface area (Å²) in [5.41, 5.74) is -0.216. The molecule has 0 spiro atoms. The lowest BCUT2D eigenvalue weighted by Gasteiger charge is -2.21. The van der Waals surface area contributed by atoms with Crippen molar-refractivity contribution in [2.45, 2.75) is 85.2 Å². The second-order valence-corrected chi connectivity index (χ2v) is 7.57. The fourth-order valence-electron chi connectivity index (χ4n) is 2.23. The first-order valence-electron chi connectivity index (χ1n) is 7.98. The summed E-state index contributed by atoms with van der Waals surface area (Å²) in [4.78, 5) is 10.8. The molecule has 0 heterocycles. The normalized spacial score (nSPS) is 14.3. The van der Waals surface area contributed by atoms with Gasteiger partial charge < -0.3 is 15.0 Å². The Kier molecular flexibility index (Phi) is 9.32. The Labute approximate surface area is 124 Å². The molecule has 0 rings (SSSR count). The van der Waals surface area contributed by atoms with Crippen molar-refractivity contribution in [1.82, 2.24) is 0 Å². The van der Waals surface area contributed by atoms with Gasteiger partial charge in [-0.15, -0.1) is 0 Å². The van der Waals surface area contributed by atoms with Crippen LogP contribution >= 0.6 is 0 Å². The number of carbonyl (C=O) groups is 1. The van der Waals surface area contributed by atoms with Crippen molar-refractivity contribution in [2.24, 2.45) is 10.8 Å². The Bertz CT molecular complexity index is 259. The number of aliphatic hydroxyl groups excluding tert-OH is 2. The molecule has 1 unspecified atom stereocenters. The summed E-state index contributed by atoms with van der Waals surface area (Å²) in [6.45, 7) is 8.27. The van der Waals surface area contributed by atoms with Gasteiger partial charge in [0.25, 0.3) is 0 Å². The SMILES string of the molecule is CC(C)(C=O)CCCCC(O)CCCCC(C)(C)CO. The van der Waals surface area contributed by atoms with Gasteiger partial charge >= 0.3 is 0 Å². The van der Waals surface area contributed by atoms with Crippen LogP contribution in [-0.2, 0) is 4.79 Å². The van der Waals surface area contributed by atoms with Gasteiger partial charge in [-0.1, -0.05) is 53.4 Å². The highest BCUT2D eigenvalue weighted by Crippen LogP contribution is 2.24. The van der Waals surface area contributed by atoms with Crippen LogP contribution in [0.1, 0.15) is 79.1 Å². The van der Waals surface area contributed by atoms with E-state index in [0.717, 1.165) is 57.7 Å². The van der Waals surface area contributed by atoms with Crippen molar-refractivity contribution in [2.75, 3.05) is 6.61 Å². The van der Waals surface area contributed by atoms with E-state index >= 15 is 0 Å². The third-order valence-electron chi connectivity index (χ3n) is 4.00. The maximum absolute atomic E-state index is 10.8. The minimum atomic E-state index is -0.221. The molecule has 0 aliphatic heterocycles. The molecule has 120 valence electrons. The van der Waals surface area contributed by atoms with E-state index in [-0.39, 0.29) is 23.5 Å². The summed E-state index contributed by atoms with van der Waals surface area (Å²) < 4.78 is 0. The standard InChI is InChI=1S/C17H34O3/c1-16(2,13-18)11-7-5-9-15(20)10-6-8-12-17(3,4)14-19/h13,15,19-20H,5-12,14H2,1-4H3. The minimum absolute atomic E-state index is 0.00532. The van der Waals surface area contributed by atoms with E-state index in [1.807, 2.05) is 13.8 Å². The molecular weight excluding hydrogens is 252 g/mol. The van der Waals surface area contributed by atoms with E-state index in [9.17, 15) is 9.90 Å². The van der Waals surface area contributed by atoms with Crippen molar-refractivity contribution in [3.05, 3.63) is 0 Å². The number of rotatable bonds is 12. The fraction of sp³-hybridized carbons (Fsp3) is 0.941. The topological polar surface area (TPSA) is 57.5 Å². The molecule has 0 aromatic rings. The molecule has 20 heavy (non-hydrogen) atoms. The highest BCUT2D eigenvalue weighted by molar-refractivity contribution is 5.57. The van der Waals surface area contributed by atoms with Gasteiger partial charge in [0.05, 0.1) is 6.10 Å². The predicted octanol–water partition coefficient (Wildman–Crippen LogP) is 3.71. The van der Waals surface area contributed by atoms with Crippen LogP contribution in [0.4, 0.5) is 0 Å². The monoisotopic (exact) mass is 286 g/mol. The van der Waals surface area contributed by atoms with Gasteiger partial charge in [-0.05, 0) is 31.1 Å². The Morgan fingerprint density at radius 3 is 1.90 bits per heavy atom. The fourth-order valence-corrected chi connectivity index (χ4v) is 2.23. The molecule has 0 bridgehead atoms. The van der Waals surface area contributed by atoms with Crippen molar-refractivity contribution in [1.29, 1.82) is 0 Å². The van der Waals surface area contributed by atoms with E-state index < -0.39 is 0 Å². The van der Waals surface area contributed by atoms with E-state index in [0.29, 0.717) is 0 Å². The van der Waals surface area contributed by atoms with Crippen LogP contribution in [0, 0.1) is 10.8 Å². The summed E-state index contributed by atoms with van der Waals surface area (Å²) in [7, 11) is 0. The maximum atomic E-state index is 10.8. The Morgan fingerprint density at radius 2 is 1.45 bits per heavy atom. The zero-order valence-corrected chi connectivity index (χ0v) is 13.8. The van der Waals surface area contributed by atoms with Gasteiger partial charge in [0.1, 0.15) is 6.29 Å².